The van der Waals surface area contributed by atoms with Crippen molar-refractivity contribution in [3.05, 3.63) is 46.9 Å². The highest BCUT2D eigenvalue weighted by molar-refractivity contribution is 5.19. The van der Waals surface area contributed by atoms with Crippen LogP contribution in [0.5, 0.6) is 0 Å². The maximum Gasteiger partial charge on any atom is 0.243 e. The fourth-order valence-corrected chi connectivity index (χ4v) is 1.94. The molecule has 2 rings (SSSR count). The van der Waals surface area contributed by atoms with Gasteiger partial charge in [0.05, 0.1) is 6.04 Å². The minimum Gasteiger partial charge on any atom is -0.377 e. The Morgan fingerprint density at radius 2 is 1.91 bits per heavy atom. The molecule has 0 spiro atoms. The first-order valence-corrected chi connectivity index (χ1v) is 6.57. The molecule has 1 heterocycles. The Balaban J connectivity index is 2.08. The summed E-state index contributed by atoms with van der Waals surface area (Å²) in [5.41, 5.74) is 0.308. The molecule has 0 bridgehead atoms. The van der Waals surface area contributed by atoms with Crippen LogP contribution < -0.4 is 0 Å². The highest BCUT2D eigenvalue weighted by atomic mass is 19.2. The Morgan fingerprint density at radius 3 is 2.50 bits per heavy atom. The van der Waals surface area contributed by atoms with E-state index in [9.17, 15) is 13.2 Å². The van der Waals surface area contributed by atoms with Crippen molar-refractivity contribution in [3.63, 3.8) is 0 Å². The van der Waals surface area contributed by atoms with Crippen LogP contribution in [0.4, 0.5) is 13.2 Å². The molecule has 1 aromatic carbocycles. The summed E-state index contributed by atoms with van der Waals surface area (Å²) in [5.74, 6) is -3.12. The number of hydrogen-bond donors (Lipinski definition) is 0. The zero-order chi connectivity index (χ0) is 16.3. The van der Waals surface area contributed by atoms with Crippen molar-refractivity contribution in [2.24, 2.45) is 0 Å². The summed E-state index contributed by atoms with van der Waals surface area (Å²) >= 11 is 0. The zero-order valence-corrected chi connectivity index (χ0v) is 12.4. The summed E-state index contributed by atoms with van der Waals surface area (Å²) in [4.78, 5) is 5.91. The number of benzene rings is 1. The third-order valence-corrected chi connectivity index (χ3v) is 3.25. The molecule has 5 nitrogen and oxygen atoms in total. The number of halogens is 3. The van der Waals surface area contributed by atoms with E-state index >= 15 is 0 Å². The summed E-state index contributed by atoms with van der Waals surface area (Å²) < 4.78 is 49.4. The molecule has 22 heavy (non-hydrogen) atoms. The topological polar surface area (TPSA) is 51.4 Å². The smallest absolute Gasteiger partial charge is 0.243 e. The van der Waals surface area contributed by atoms with Gasteiger partial charge in [0, 0.05) is 13.7 Å². The van der Waals surface area contributed by atoms with E-state index < -0.39 is 17.5 Å². The van der Waals surface area contributed by atoms with Crippen molar-refractivity contribution in [2.75, 3.05) is 14.2 Å². The average molecular weight is 315 g/mol. The van der Waals surface area contributed by atoms with Crippen LogP contribution in [0.25, 0.3) is 0 Å². The first-order valence-electron chi connectivity index (χ1n) is 6.57. The third kappa shape index (κ3) is 3.63. The normalized spacial score (nSPS) is 12.9. The van der Waals surface area contributed by atoms with Crippen LogP contribution in [0.2, 0.25) is 0 Å². The largest absolute Gasteiger partial charge is 0.377 e. The number of methoxy groups -OCH3 is 1. The highest BCUT2D eigenvalue weighted by Gasteiger charge is 2.20. The molecular formula is C14H16F3N3O2. The number of ether oxygens (including phenoxy) is 1. The second kappa shape index (κ2) is 6.89. The first-order chi connectivity index (χ1) is 10.4. The predicted octanol–water partition coefficient (Wildman–Crippen LogP) is 2.83. The van der Waals surface area contributed by atoms with Crippen molar-refractivity contribution in [1.29, 1.82) is 0 Å². The van der Waals surface area contributed by atoms with Gasteiger partial charge in [-0.25, -0.2) is 13.2 Å². The molecule has 1 unspecified atom stereocenters. The van der Waals surface area contributed by atoms with E-state index in [4.69, 9.17) is 9.26 Å². The Bertz CT molecular complexity index is 625. The van der Waals surface area contributed by atoms with Crippen molar-refractivity contribution < 1.29 is 22.4 Å². The molecule has 0 saturated carbocycles. The van der Waals surface area contributed by atoms with E-state index in [1.165, 1.54) is 7.11 Å². The lowest BCUT2D eigenvalue weighted by atomic mass is 10.1. The minimum absolute atomic E-state index is 0.192. The molecule has 0 N–H and O–H groups in total. The van der Waals surface area contributed by atoms with Gasteiger partial charge in [0.2, 0.25) is 5.89 Å². The van der Waals surface area contributed by atoms with Gasteiger partial charge in [0.1, 0.15) is 6.61 Å². The fraction of sp³-hybridized carbons (Fsp3) is 0.429. The summed E-state index contributed by atoms with van der Waals surface area (Å²) in [6.45, 7) is 2.23. The summed E-state index contributed by atoms with van der Waals surface area (Å²) in [5, 5.41) is 3.75. The van der Waals surface area contributed by atoms with E-state index in [1.54, 1.807) is 18.9 Å². The molecule has 1 atom stereocenters. The lowest BCUT2D eigenvalue weighted by molar-refractivity contribution is 0.173. The molecule has 0 amide bonds. The van der Waals surface area contributed by atoms with Crippen molar-refractivity contribution in [3.8, 4) is 0 Å². The van der Waals surface area contributed by atoms with Gasteiger partial charge in [0.15, 0.2) is 23.3 Å². The number of aromatic nitrogens is 2. The van der Waals surface area contributed by atoms with Crippen molar-refractivity contribution >= 4 is 0 Å². The second-order valence-corrected chi connectivity index (χ2v) is 4.95. The molecule has 1 aromatic heterocycles. The molecule has 0 fully saturated rings. The maximum absolute atomic E-state index is 13.2. The molecular weight excluding hydrogens is 299 g/mol. The Hall–Kier alpha value is -1.93. The summed E-state index contributed by atoms with van der Waals surface area (Å²) in [6, 6.07) is 1.65. The predicted molar refractivity (Wildman–Crippen MR) is 71.2 cm³/mol. The SMILES string of the molecule is COCc1noc(C(C)N(C)Cc2cc(F)c(F)c(F)c2)n1. The molecule has 120 valence electrons. The van der Waals surface area contributed by atoms with Crippen molar-refractivity contribution in [2.45, 2.75) is 26.1 Å². The number of hydrogen-bond acceptors (Lipinski definition) is 5. The Kier molecular flexibility index (Phi) is 5.15. The van der Waals surface area contributed by atoms with Crippen LogP contribution in [-0.2, 0) is 17.9 Å². The third-order valence-electron chi connectivity index (χ3n) is 3.25. The van der Waals surface area contributed by atoms with Gasteiger partial charge < -0.3 is 9.26 Å². The molecule has 8 heteroatoms. The van der Waals surface area contributed by atoms with Crippen LogP contribution in [0.15, 0.2) is 16.7 Å². The highest BCUT2D eigenvalue weighted by Crippen LogP contribution is 2.21. The van der Waals surface area contributed by atoms with Crippen LogP contribution in [0, 0.1) is 17.5 Å². The van der Waals surface area contributed by atoms with Crippen LogP contribution in [-0.4, -0.2) is 29.2 Å². The van der Waals surface area contributed by atoms with Crippen LogP contribution >= 0.6 is 0 Å². The van der Waals surface area contributed by atoms with E-state index in [0.29, 0.717) is 17.3 Å². The van der Waals surface area contributed by atoms with E-state index in [-0.39, 0.29) is 19.2 Å². The van der Waals surface area contributed by atoms with Crippen molar-refractivity contribution in [1.82, 2.24) is 15.0 Å². The molecule has 0 aliphatic carbocycles. The van der Waals surface area contributed by atoms with Gasteiger partial charge in [-0.1, -0.05) is 5.16 Å². The fourth-order valence-electron chi connectivity index (χ4n) is 1.94. The molecule has 0 radical (unpaired) electrons. The van der Waals surface area contributed by atoms with Gasteiger partial charge in [0.25, 0.3) is 0 Å². The first kappa shape index (κ1) is 16.4. The quantitative estimate of drug-likeness (QED) is 0.767. The lowest BCUT2D eigenvalue weighted by Gasteiger charge is -2.21. The number of nitrogens with zero attached hydrogens (tertiary/aromatic N) is 3. The summed E-state index contributed by atoms with van der Waals surface area (Å²) in [6.07, 6.45) is 0. The van der Waals surface area contributed by atoms with Gasteiger partial charge in [-0.3, -0.25) is 4.90 Å². The van der Waals surface area contributed by atoms with Gasteiger partial charge in [-0.2, -0.15) is 4.98 Å². The maximum atomic E-state index is 13.2. The van der Waals surface area contributed by atoms with Crippen LogP contribution in [0.1, 0.15) is 30.2 Å². The molecule has 0 saturated heterocycles. The lowest BCUT2D eigenvalue weighted by Crippen LogP contribution is -2.22. The zero-order valence-electron chi connectivity index (χ0n) is 12.4. The van der Waals surface area contributed by atoms with E-state index in [0.717, 1.165) is 12.1 Å². The van der Waals surface area contributed by atoms with Crippen LogP contribution in [0.3, 0.4) is 0 Å². The standard InChI is InChI=1S/C14H16F3N3O2/c1-8(14-18-12(7-21-3)19-22-14)20(2)6-9-4-10(15)13(17)11(16)5-9/h4-5,8H,6-7H2,1-3H3. The number of rotatable bonds is 6. The van der Waals surface area contributed by atoms with Gasteiger partial charge in [-0.05, 0) is 31.7 Å². The van der Waals surface area contributed by atoms with E-state index in [2.05, 4.69) is 10.1 Å². The molecule has 2 aromatic rings. The second-order valence-electron chi connectivity index (χ2n) is 4.95. The minimum atomic E-state index is -1.47. The van der Waals surface area contributed by atoms with E-state index in [1.807, 2.05) is 0 Å². The summed E-state index contributed by atoms with van der Waals surface area (Å²) in [7, 11) is 3.24. The molecule has 0 aliphatic rings. The van der Waals surface area contributed by atoms with Gasteiger partial charge >= 0.3 is 0 Å². The Morgan fingerprint density at radius 1 is 1.27 bits per heavy atom. The van der Waals surface area contributed by atoms with Gasteiger partial charge in [-0.15, -0.1) is 0 Å². The average Bonchev–Trinajstić information content (AvgIpc) is 2.92. The molecule has 0 aliphatic heterocycles. The monoisotopic (exact) mass is 315 g/mol. The Labute approximate surface area is 125 Å².